The third-order valence-corrected chi connectivity index (χ3v) is 5.11. The zero-order valence-electron chi connectivity index (χ0n) is 11.0. The summed E-state index contributed by atoms with van der Waals surface area (Å²) in [5.74, 6) is 5.18. The Labute approximate surface area is 127 Å². The maximum Gasteiger partial charge on any atom is 0.346 e. The fourth-order valence-corrected chi connectivity index (χ4v) is 3.84. The number of aromatic carboxylic acids is 1. The zero-order valence-corrected chi connectivity index (χ0v) is 12.6. The van der Waals surface area contributed by atoms with Crippen molar-refractivity contribution in [2.24, 2.45) is 0 Å². The first-order valence-electron chi connectivity index (χ1n) is 6.03. The molecule has 0 fully saturated rings. The van der Waals surface area contributed by atoms with E-state index < -0.39 is 11.5 Å². The van der Waals surface area contributed by atoms with Gasteiger partial charge in [-0.3, -0.25) is 4.79 Å². The highest BCUT2D eigenvalue weighted by Gasteiger charge is 2.20. The molecule has 0 aliphatic heterocycles. The van der Waals surface area contributed by atoms with Crippen molar-refractivity contribution < 1.29 is 9.90 Å². The van der Waals surface area contributed by atoms with Crippen LogP contribution in [0.5, 0.6) is 0 Å². The molecule has 6 nitrogen and oxygen atoms in total. The van der Waals surface area contributed by atoms with Crippen molar-refractivity contribution in [1.29, 1.82) is 0 Å². The third-order valence-electron chi connectivity index (χ3n) is 3.21. The lowest BCUT2D eigenvalue weighted by Gasteiger charge is -2.06. The van der Waals surface area contributed by atoms with Gasteiger partial charge in [0.2, 0.25) is 0 Å². The van der Waals surface area contributed by atoms with Crippen LogP contribution in [0.4, 0.5) is 0 Å². The Morgan fingerprint density at radius 3 is 2.90 bits per heavy atom. The number of nitrogen functional groups attached to an aromatic ring is 1. The Morgan fingerprint density at radius 1 is 1.52 bits per heavy atom. The number of carbonyl (C=O) groups is 1. The zero-order chi connectivity index (χ0) is 15.1. The van der Waals surface area contributed by atoms with E-state index in [0.29, 0.717) is 22.6 Å². The van der Waals surface area contributed by atoms with Crippen molar-refractivity contribution in [2.75, 3.05) is 5.84 Å². The second-order valence-electron chi connectivity index (χ2n) is 4.55. The smallest absolute Gasteiger partial charge is 0.346 e. The van der Waals surface area contributed by atoms with Gasteiger partial charge in [0, 0.05) is 6.42 Å². The van der Waals surface area contributed by atoms with Crippen molar-refractivity contribution in [3.8, 4) is 0 Å². The number of thiophene rings is 2. The van der Waals surface area contributed by atoms with E-state index in [2.05, 4.69) is 4.98 Å². The SMILES string of the molecule is Cc1c(C(=O)O)sc2nc(Cc3ccsc3)n(N)c(=O)c12. The molecule has 0 bridgehead atoms. The van der Waals surface area contributed by atoms with E-state index in [1.165, 1.54) is 0 Å². The third kappa shape index (κ3) is 2.22. The molecule has 0 unspecified atom stereocenters. The van der Waals surface area contributed by atoms with Gasteiger partial charge in [0.1, 0.15) is 15.5 Å². The standard InChI is InChI=1S/C13H11N3O3S2/c1-6-9-11(21-10(6)13(18)19)15-8(16(14)12(9)17)4-7-2-3-20-5-7/h2-3,5H,4,14H2,1H3,(H,18,19). The minimum Gasteiger partial charge on any atom is -0.477 e. The average Bonchev–Trinajstić information content (AvgIpc) is 3.04. The van der Waals surface area contributed by atoms with Crippen LogP contribution in [-0.4, -0.2) is 20.7 Å². The summed E-state index contributed by atoms with van der Waals surface area (Å²) in [7, 11) is 0. The van der Waals surface area contributed by atoms with E-state index in [1.807, 2.05) is 16.8 Å². The van der Waals surface area contributed by atoms with E-state index in [0.717, 1.165) is 21.6 Å². The number of nitrogens with zero attached hydrogens (tertiary/aromatic N) is 2. The number of aromatic nitrogens is 2. The minimum absolute atomic E-state index is 0.127. The van der Waals surface area contributed by atoms with Crippen LogP contribution >= 0.6 is 22.7 Å². The lowest BCUT2D eigenvalue weighted by Crippen LogP contribution is -2.31. The fraction of sp³-hybridized carbons (Fsp3) is 0.154. The molecule has 0 atom stereocenters. The molecule has 8 heteroatoms. The summed E-state index contributed by atoms with van der Waals surface area (Å²) in [6.45, 7) is 1.60. The summed E-state index contributed by atoms with van der Waals surface area (Å²) in [6.07, 6.45) is 0.435. The summed E-state index contributed by atoms with van der Waals surface area (Å²) in [5, 5.41) is 13.3. The Bertz CT molecular complexity index is 894. The Morgan fingerprint density at radius 2 is 2.29 bits per heavy atom. The molecule has 3 heterocycles. The van der Waals surface area contributed by atoms with Gasteiger partial charge in [-0.15, -0.1) is 11.3 Å². The predicted octanol–water partition coefficient (Wildman–Crippen LogP) is 1.83. The number of carboxylic acid groups (broad SMARTS) is 1. The first-order chi connectivity index (χ1) is 9.99. The molecule has 0 aromatic carbocycles. The molecule has 3 aromatic rings. The second kappa shape index (κ2) is 4.97. The topological polar surface area (TPSA) is 98.2 Å². The molecule has 21 heavy (non-hydrogen) atoms. The molecular weight excluding hydrogens is 310 g/mol. The van der Waals surface area contributed by atoms with Gasteiger partial charge in [0.25, 0.3) is 5.56 Å². The molecule has 3 rings (SSSR count). The summed E-state index contributed by atoms with van der Waals surface area (Å²) >= 11 is 2.56. The van der Waals surface area contributed by atoms with Crippen LogP contribution in [0.3, 0.4) is 0 Å². The van der Waals surface area contributed by atoms with Crippen LogP contribution in [0.25, 0.3) is 10.2 Å². The van der Waals surface area contributed by atoms with Crippen LogP contribution in [0, 0.1) is 6.92 Å². The number of rotatable bonds is 3. The number of aryl methyl sites for hydroxylation is 1. The van der Waals surface area contributed by atoms with Crippen molar-refractivity contribution in [1.82, 2.24) is 9.66 Å². The van der Waals surface area contributed by atoms with Crippen LogP contribution in [0.15, 0.2) is 21.6 Å². The molecular formula is C13H11N3O3S2. The highest BCUT2D eigenvalue weighted by Crippen LogP contribution is 2.27. The molecule has 3 aromatic heterocycles. The molecule has 0 amide bonds. The molecule has 0 spiro atoms. The normalized spacial score (nSPS) is 11.1. The number of fused-ring (bicyclic) bond motifs is 1. The lowest BCUT2D eigenvalue weighted by molar-refractivity contribution is 0.0701. The largest absolute Gasteiger partial charge is 0.477 e. The van der Waals surface area contributed by atoms with Gasteiger partial charge >= 0.3 is 5.97 Å². The monoisotopic (exact) mass is 321 g/mol. The highest BCUT2D eigenvalue weighted by atomic mass is 32.1. The number of hydrogen-bond donors (Lipinski definition) is 2. The van der Waals surface area contributed by atoms with Gasteiger partial charge < -0.3 is 10.9 Å². The molecule has 3 N–H and O–H groups in total. The first-order valence-corrected chi connectivity index (χ1v) is 7.79. The van der Waals surface area contributed by atoms with E-state index in [-0.39, 0.29) is 10.3 Å². The quantitative estimate of drug-likeness (QED) is 0.717. The van der Waals surface area contributed by atoms with Gasteiger partial charge in [0.05, 0.1) is 5.39 Å². The fourth-order valence-electron chi connectivity index (χ4n) is 2.14. The summed E-state index contributed by atoms with van der Waals surface area (Å²) in [6, 6.07) is 1.93. The lowest BCUT2D eigenvalue weighted by atomic mass is 10.2. The summed E-state index contributed by atoms with van der Waals surface area (Å²) < 4.78 is 1.01. The van der Waals surface area contributed by atoms with E-state index in [1.54, 1.807) is 18.3 Å². The van der Waals surface area contributed by atoms with Gasteiger partial charge in [0.15, 0.2) is 0 Å². The molecule has 0 saturated carbocycles. The van der Waals surface area contributed by atoms with E-state index in [4.69, 9.17) is 10.9 Å². The number of hydrogen-bond acceptors (Lipinski definition) is 6. The van der Waals surface area contributed by atoms with Crippen molar-refractivity contribution >= 4 is 38.9 Å². The average molecular weight is 321 g/mol. The van der Waals surface area contributed by atoms with Gasteiger partial charge in [-0.1, -0.05) is 0 Å². The van der Waals surface area contributed by atoms with Crippen molar-refractivity contribution in [2.45, 2.75) is 13.3 Å². The van der Waals surface area contributed by atoms with Crippen LogP contribution in [0.2, 0.25) is 0 Å². The molecule has 0 aliphatic carbocycles. The Balaban J connectivity index is 2.23. The van der Waals surface area contributed by atoms with Crippen LogP contribution in [0.1, 0.15) is 26.6 Å². The Kier molecular flexibility index (Phi) is 3.26. The van der Waals surface area contributed by atoms with Crippen molar-refractivity contribution in [3.63, 3.8) is 0 Å². The Hall–Kier alpha value is -2.19. The summed E-state index contributed by atoms with van der Waals surface area (Å²) in [4.78, 5) is 28.4. The minimum atomic E-state index is -1.06. The second-order valence-corrected chi connectivity index (χ2v) is 6.33. The van der Waals surface area contributed by atoms with Crippen LogP contribution in [-0.2, 0) is 6.42 Å². The molecule has 108 valence electrons. The molecule has 0 radical (unpaired) electrons. The first kappa shape index (κ1) is 13.8. The number of nitrogens with two attached hydrogens (primary N) is 1. The van der Waals surface area contributed by atoms with E-state index in [9.17, 15) is 9.59 Å². The van der Waals surface area contributed by atoms with Gasteiger partial charge in [-0.25, -0.2) is 14.5 Å². The number of carboxylic acids is 1. The maximum atomic E-state index is 12.3. The maximum absolute atomic E-state index is 12.3. The summed E-state index contributed by atoms with van der Waals surface area (Å²) in [5.41, 5.74) is 1.02. The van der Waals surface area contributed by atoms with E-state index >= 15 is 0 Å². The predicted molar refractivity (Wildman–Crippen MR) is 82.9 cm³/mol. The molecule has 0 saturated heterocycles. The molecule has 0 aliphatic rings. The van der Waals surface area contributed by atoms with Gasteiger partial charge in [-0.2, -0.15) is 11.3 Å². The van der Waals surface area contributed by atoms with Crippen LogP contribution < -0.4 is 11.4 Å². The van der Waals surface area contributed by atoms with Crippen molar-refractivity contribution in [3.05, 3.63) is 49.0 Å². The highest BCUT2D eigenvalue weighted by molar-refractivity contribution is 7.20. The van der Waals surface area contributed by atoms with Gasteiger partial charge in [-0.05, 0) is 34.9 Å².